The maximum atomic E-state index is 11.7. The molecule has 1 aromatic heterocycles. The van der Waals surface area contributed by atoms with Gasteiger partial charge < -0.3 is 16.0 Å². The summed E-state index contributed by atoms with van der Waals surface area (Å²) in [6.45, 7) is 2.54. The van der Waals surface area contributed by atoms with Crippen LogP contribution < -0.4 is 16.0 Å². The van der Waals surface area contributed by atoms with Crippen molar-refractivity contribution in [3.05, 3.63) is 35.8 Å². The van der Waals surface area contributed by atoms with Crippen LogP contribution in [0.4, 0.5) is 10.5 Å². The lowest BCUT2D eigenvalue weighted by atomic mass is 10.2. The quantitative estimate of drug-likeness (QED) is 0.765. The minimum atomic E-state index is -0.409. The molecule has 0 aliphatic heterocycles. The molecule has 0 spiro atoms. The molecule has 22 heavy (non-hydrogen) atoms. The molecule has 3 N–H and O–H groups in total. The second-order valence-corrected chi connectivity index (χ2v) is 5.47. The molecule has 0 saturated carbocycles. The van der Waals surface area contributed by atoms with E-state index < -0.39 is 6.03 Å². The predicted octanol–water partition coefficient (Wildman–Crippen LogP) is 2.46. The van der Waals surface area contributed by atoms with Crippen LogP contribution in [0.15, 0.2) is 35.8 Å². The van der Waals surface area contributed by atoms with Gasteiger partial charge in [-0.25, -0.2) is 9.78 Å². The molecular formula is C15H18N4O2S. The molecule has 116 valence electrons. The number of nitrogens with zero attached hydrogens (tertiary/aromatic N) is 1. The van der Waals surface area contributed by atoms with Gasteiger partial charge in [0.1, 0.15) is 5.01 Å². The average Bonchev–Trinajstić information content (AvgIpc) is 3.06. The number of thiazole rings is 1. The van der Waals surface area contributed by atoms with Crippen LogP contribution in [0.2, 0.25) is 0 Å². The normalized spacial score (nSPS) is 10.0. The molecule has 3 amide bonds. The van der Waals surface area contributed by atoms with Crippen LogP contribution in [-0.2, 0) is 4.79 Å². The first kappa shape index (κ1) is 16.0. The van der Waals surface area contributed by atoms with Crippen molar-refractivity contribution in [2.75, 3.05) is 18.4 Å². The molecule has 2 rings (SSSR count). The van der Waals surface area contributed by atoms with Crippen LogP contribution in [0.3, 0.4) is 0 Å². The van der Waals surface area contributed by atoms with E-state index in [0.717, 1.165) is 17.0 Å². The van der Waals surface area contributed by atoms with Crippen molar-refractivity contribution >= 4 is 29.0 Å². The number of amides is 3. The Hall–Kier alpha value is -2.41. The number of carbonyl (C=O) groups excluding carboxylic acids is 2. The minimum Gasteiger partial charge on any atom is -0.355 e. The van der Waals surface area contributed by atoms with Crippen LogP contribution in [0.1, 0.15) is 13.3 Å². The number of urea groups is 1. The van der Waals surface area contributed by atoms with E-state index in [4.69, 9.17) is 0 Å². The van der Waals surface area contributed by atoms with Crippen LogP contribution in [0.25, 0.3) is 10.6 Å². The zero-order chi connectivity index (χ0) is 15.8. The Balaban J connectivity index is 1.80. The highest BCUT2D eigenvalue weighted by molar-refractivity contribution is 7.13. The smallest absolute Gasteiger partial charge is 0.319 e. The van der Waals surface area contributed by atoms with Gasteiger partial charge in [0.05, 0.1) is 6.54 Å². The molecule has 7 heteroatoms. The Labute approximate surface area is 133 Å². The lowest BCUT2D eigenvalue weighted by molar-refractivity contribution is -0.120. The van der Waals surface area contributed by atoms with Gasteiger partial charge in [-0.2, -0.15) is 0 Å². The van der Waals surface area contributed by atoms with E-state index in [1.165, 1.54) is 0 Å². The van der Waals surface area contributed by atoms with E-state index in [1.807, 2.05) is 24.4 Å². The molecule has 0 unspecified atom stereocenters. The third kappa shape index (κ3) is 4.85. The van der Waals surface area contributed by atoms with E-state index >= 15 is 0 Å². The molecule has 0 saturated heterocycles. The molecule has 0 fully saturated rings. The lowest BCUT2D eigenvalue weighted by Crippen LogP contribution is -2.39. The van der Waals surface area contributed by atoms with Crippen molar-refractivity contribution in [3.8, 4) is 10.6 Å². The Morgan fingerprint density at radius 1 is 1.18 bits per heavy atom. The SMILES string of the molecule is CCCNC(=O)CNC(=O)Nc1ccc(-c2nccs2)cc1. The van der Waals surface area contributed by atoms with Gasteiger partial charge in [0.25, 0.3) is 0 Å². The van der Waals surface area contributed by atoms with Gasteiger partial charge in [0.2, 0.25) is 5.91 Å². The zero-order valence-corrected chi connectivity index (χ0v) is 13.1. The van der Waals surface area contributed by atoms with Gasteiger partial charge in [0, 0.05) is 29.4 Å². The first-order valence-corrected chi connectivity index (χ1v) is 7.88. The molecule has 2 aromatic rings. The summed E-state index contributed by atoms with van der Waals surface area (Å²) in [6, 6.07) is 6.97. The van der Waals surface area contributed by atoms with Crippen LogP contribution in [0.5, 0.6) is 0 Å². The number of hydrogen-bond donors (Lipinski definition) is 3. The van der Waals surface area contributed by atoms with E-state index in [9.17, 15) is 9.59 Å². The van der Waals surface area contributed by atoms with Gasteiger partial charge >= 0.3 is 6.03 Å². The molecule has 1 aromatic carbocycles. The van der Waals surface area contributed by atoms with Gasteiger partial charge in [0.15, 0.2) is 0 Å². The van der Waals surface area contributed by atoms with Gasteiger partial charge in [-0.15, -0.1) is 11.3 Å². The topological polar surface area (TPSA) is 83.1 Å². The first-order valence-electron chi connectivity index (χ1n) is 7.00. The summed E-state index contributed by atoms with van der Waals surface area (Å²) >= 11 is 1.56. The van der Waals surface area contributed by atoms with Crippen molar-refractivity contribution in [3.63, 3.8) is 0 Å². The Bertz CT molecular complexity index is 611. The minimum absolute atomic E-state index is 0.0387. The van der Waals surface area contributed by atoms with Crippen LogP contribution in [0, 0.1) is 0 Å². The maximum absolute atomic E-state index is 11.7. The highest BCUT2D eigenvalue weighted by atomic mass is 32.1. The molecule has 1 heterocycles. The molecule has 0 aliphatic rings. The lowest BCUT2D eigenvalue weighted by Gasteiger charge is -2.08. The second-order valence-electron chi connectivity index (χ2n) is 4.57. The van der Waals surface area contributed by atoms with Crippen molar-refractivity contribution in [1.29, 1.82) is 0 Å². The highest BCUT2D eigenvalue weighted by Crippen LogP contribution is 2.23. The maximum Gasteiger partial charge on any atom is 0.319 e. The fourth-order valence-corrected chi connectivity index (χ4v) is 2.37. The standard InChI is InChI=1S/C15H18N4O2S/c1-2-7-16-13(20)10-18-15(21)19-12-5-3-11(4-6-12)14-17-8-9-22-14/h3-6,8-9H,2,7,10H2,1H3,(H,16,20)(H2,18,19,21). The molecule has 0 aliphatic carbocycles. The largest absolute Gasteiger partial charge is 0.355 e. The Kier molecular flexibility index (Phi) is 5.91. The van der Waals surface area contributed by atoms with Crippen LogP contribution >= 0.6 is 11.3 Å². The number of nitrogens with one attached hydrogen (secondary N) is 3. The average molecular weight is 318 g/mol. The summed E-state index contributed by atoms with van der Waals surface area (Å²) < 4.78 is 0. The van der Waals surface area contributed by atoms with E-state index in [0.29, 0.717) is 12.2 Å². The third-order valence-electron chi connectivity index (χ3n) is 2.80. The first-order chi connectivity index (χ1) is 10.7. The third-order valence-corrected chi connectivity index (χ3v) is 3.63. The van der Waals surface area contributed by atoms with Gasteiger partial charge in [-0.1, -0.05) is 6.92 Å². The number of carbonyl (C=O) groups is 2. The van der Waals surface area contributed by atoms with Crippen molar-refractivity contribution in [1.82, 2.24) is 15.6 Å². The van der Waals surface area contributed by atoms with Gasteiger partial charge in [-0.3, -0.25) is 4.79 Å². The molecule has 6 nitrogen and oxygen atoms in total. The van der Waals surface area contributed by atoms with Crippen molar-refractivity contribution in [2.45, 2.75) is 13.3 Å². The predicted molar refractivity (Wildman–Crippen MR) is 87.9 cm³/mol. The monoisotopic (exact) mass is 318 g/mol. The van der Waals surface area contributed by atoms with E-state index in [1.54, 1.807) is 29.7 Å². The fraction of sp³-hybridized carbons (Fsp3) is 0.267. The molecular weight excluding hydrogens is 300 g/mol. The summed E-state index contributed by atoms with van der Waals surface area (Å²) in [5, 5.41) is 10.7. The van der Waals surface area contributed by atoms with Crippen molar-refractivity contribution in [2.24, 2.45) is 0 Å². The summed E-state index contributed by atoms with van der Waals surface area (Å²) in [7, 11) is 0. The molecule has 0 radical (unpaired) electrons. The number of anilines is 1. The van der Waals surface area contributed by atoms with Crippen molar-refractivity contribution < 1.29 is 9.59 Å². The number of benzene rings is 1. The zero-order valence-electron chi connectivity index (χ0n) is 12.3. The fourth-order valence-electron chi connectivity index (χ4n) is 1.72. The van der Waals surface area contributed by atoms with Gasteiger partial charge in [-0.05, 0) is 30.7 Å². The Morgan fingerprint density at radius 3 is 2.59 bits per heavy atom. The Morgan fingerprint density at radius 2 is 1.95 bits per heavy atom. The summed E-state index contributed by atoms with van der Waals surface area (Å²) in [4.78, 5) is 27.3. The highest BCUT2D eigenvalue weighted by Gasteiger charge is 2.06. The molecule has 0 atom stereocenters. The summed E-state index contributed by atoms with van der Waals surface area (Å²) in [5.74, 6) is -0.198. The van der Waals surface area contributed by atoms with E-state index in [2.05, 4.69) is 20.9 Å². The van der Waals surface area contributed by atoms with Crippen LogP contribution in [-0.4, -0.2) is 30.0 Å². The summed E-state index contributed by atoms with van der Waals surface area (Å²) in [5.41, 5.74) is 1.66. The number of rotatable bonds is 6. The summed E-state index contributed by atoms with van der Waals surface area (Å²) in [6.07, 6.45) is 2.62. The molecule has 0 bridgehead atoms. The second kappa shape index (κ2) is 8.14. The number of aromatic nitrogens is 1. The van der Waals surface area contributed by atoms with E-state index in [-0.39, 0.29) is 12.5 Å². The number of hydrogen-bond acceptors (Lipinski definition) is 4.